The van der Waals surface area contributed by atoms with E-state index < -0.39 is 0 Å². The fourth-order valence-electron chi connectivity index (χ4n) is 6.95. The summed E-state index contributed by atoms with van der Waals surface area (Å²) in [6, 6.07) is 15.1. The molecule has 2 atom stereocenters. The third kappa shape index (κ3) is 3.73. The van der Waals surface area contributed by atoms with Crippen LogP contribution in [0, 0.1) is 12.8 Å². The Hall–Kier alpha value is -4.17. The molecule has 1 N–H and O–H groups in total. The van der Waals surface area contributed by atoms with Crippen molar-refractivity contribution in [2.24, 2.45) is 13.0 Å². The molecule has 0 unspecified atom stereocenters. The van der Waals surface area contributed by atoms with Crippen LogP contribution in [0.15, 0.2) is 62.5 Å². The summed E-state index contributed by atoms with van der Waals surface area (Å²) in [5.41, 5.74) is 5.02. The fraction of sp³-hybridized carbons (Fsp3) is 0.344. The summed E-state index contributed by atoms with van der Waals surface area (Å²) in [7, 11) is 1.91. The van der Waals surface area contributed by atoms with E-state index in [-0.39, 0.29) is 22.7 Å². The molecule has 0 spiro atoms. The number of aryl methyl sites for hydroxylation is 3. The van der Waals surface area contributed by atoms with E-state index in [1.807, 2.05) is 53.4 Å². The molecule has 8 heteroatoms. The molecule has 0 radical (unpaired) electrons. The Morgan fingerprint density at radius 1 is 1.07 bits per heavy atom. The zero-order valence-corrected chi connectivity index (χ0v) is 23.0. The Morgan fingerprint density at radius 2 is 1.90 bits per heavy atom. The van der Waals surface area contributed by atoms with Gasteiger partial charge in [-0.15, -0.1) is 0 Å². The van der Waals surface area contributed by atoms with Crippen molar-refractivity contribution in [3.8, 4) is 17.1 Å². The molecule has 2 bridgehead atoms. The van der Waals surface area contributed by atoms with E-state index in [1.165, 1.54) is 0 Å². The van der Waals surface area contributed by atoms with Gasteiger partial charge in [-0.25, -0.2) is 4.98 Å². The molecule has 3 aromatic heterocycles. The number of likely N-dealkylation sites (tertiary alicyclic amines) is 1. The third-order valence-electron chi connectivity index (χ3n) is 8.83. The molecule has 0 saturated carbocycles. The van der Waals surface area contributed by atoms with Crippen LogP contribution in [-0.2, 0) is 26.6 Å². The van der Waals surface area contributed by atoms with Gasteiger partial charge >= 0.3 is 0 Å². The molecule has 0 amide bonds. The summed E-state index contributed by atoms with van der Waals surface area (Å²) in [4.78, 5) is 33.7. The van der Waals surface area contributed by atoms with Gasteiger partial charge in [0.2, 0.25) is 5.43 Å². The normalized spacial score (nSPS) is 18.9. The Balaban J connectivity index is 1.33. The molecule has 204 valence electrons. The lowest BCUT2D eigenvalue weighted by molar-refractivity contribution is 0.113. The highest BCUT2D eigenvalue weighted by Gasteiger charge is 2.35. The third-order valence-corrected chi connectivity index (χ3v) is 8.83. The molecule has 2 aliphatic rings. The number of piperidine rings is 1. The van der Waals surface area contributed by atoms with Crippen molar-refractivity contribution in [1.82, 2.24) is 19.0 Å². The smallest absolute Gasteiger partial charge is 0.250 e. The molecule has 40 heavy (non-hydrogen) atoms. The Kier molecular flexibility index (Phi) is 5.71. The standard InChI is InChI=1S/C32H32N4O4/c1-4-20-13-22-30(39)28(32-33-24-8-5-6-9-26(24)34(32)3)18(2)40-31(22)23(29(20)38)17-35-14-19-12-21(16-35)25-10-7-11-27(37)36(25)15-19/h5-11,13,19,21,38H,4,12,14-17H2,1-3H3/t19-,21+/m1/s1. The monoisotopic (exact) mass is 536 g/mol. The highest BCUT2D eigenvalue weighted by molar-refractivity contribution is 5.88. The topological polar surface area (TPSA) is 93.5 Å². The number of fused-ring (bicyclic) bond motifs is 6. The van der Waals surface area contributed by atoms with E-state index >= 15 is 0 Å². The minimum absolute atomic E-state index is 0.0635. The average Bonchev–Trinajstić information content (AvgIpc) is 3.27. The number of pyridine rings is 1. The highest BCUT2D eigenvalue weighted by Crippen LogP contribution is 2.39. The second-order valence-electron chi connectivity index (χ2n) is 11.3. The second-order valence-corrected chi connectivity index (χ2v) is 11.3. The molecule has 1 saturated heterocycles. The summed E-state index contributed by atoms with van der Waals surface area (Å²) in [5.74, 6) is 1.85. The minimum atomic E-state index is -0.142. The first-order valence-electron chi connectivity index (χ1n) is 14.0. The van der Waals surface area contributed by atoms with Gasteiger partial charge in [-0.1, -0.05) is 25.1 Å². The maximum Gasteiger partial charge on any atom is 0.250 e. The van der Waals surface area contributed by atoms with E-state index in [2.05, 4.69) is 11.0 Å². The lowest BCUT2D eigenvalue weighted by atomic mass is 9.83. The van der Waals surface area contributed by atoms with Crippen molar-refractivity contribution < 1.29 is 9.52 Å². The predicted octanol–water partition coefficient (Wildman–Crippen LogP) is 4.70. The van der Waals surface area contributed by atoms with Gasteiger partial charge in [0.1, 0.15) is 28.5 Å². The molecule has 1 fully saturated rings. The van der Waals surface area contributed by atoms with Crippen molar-refractivity contribution in [3.05, 3.63) is 91.7 Å². The van der Waals surface area contributed by atoms with Gasteiger partial charge < -0.3 is 18.7 Å². The second kappa shape index (κ2) is 9.20. The van der Waals surface area contributed by atoms with Crippen LogP contribution >= 0.6 is 0 Å². The van der Waals surface area contributed by atoms with Gasteiger partial charge in [-0.05, 0) is 55.5 Å². The maximum absolute atomic E-state index is 14.1. The zero-order chi connectivity index (χ0) is 27.7. The maximum atomic E-state index is 14.1. The minimum Gasteiger partial charge on any atom is -0.507 e. The molecule has 5 heterocycles. The van der Waals surface area contributed by atoms with E-state index in [0.29, 0.717) is 59.1 Å². The van der Waals surface area contributed by atoms with Crippen molar-refractivity contribution in [1.29, 1.82) is 0 Å². The van der Waals surface area contributed by atoms with Crippen LogP contribution in [0.4, 0.5) is 0 Å². The lowest BCUT2D eigenvalue weighted by Crippen LogP contribution is -2.46. The van der Waals surface area contributed by atoms with Gasteiger partial charge in [0.05, 0.1) is 22.0 Å². The number of phenolic OH excluding ortho intramolecular Hbond substituents is 1. The molecule has 2 aliphatic heterocycles. The van der Waals surface area contributed by atoms with Crippen LogP contribution in [0.3, 0.4) is 0 Å². The number of phenols is 1. The molecule has 8 nitrogen and oxygen atoms in total. The SMILES string of the molecule is CCc1cc2c(=O)c(-c3nc4ccccc4n3C)c(C)oc2c(CN2C[C@H]3C[C@@H](C2)c2cccc(=O)n2C3)c1O. The number of aromatic nitrogens is 3. The zero-order valence-electron chi connectivity index (χ0n) is 23.0. The van der Waals surface area contributed by atoms with Crippen LogP contribution in [0.2, 0.25) is 0 Å². The Bertz CT molecular complexity index is 1930. The molecule has 0 aliphatic carbocycles. The first-order valence-corrected chi connectivity index (χ1v) is 14.0. The van der Waals surface area contributed by atoms with Crippen molar-refractivity contribution >= 4 is 22.0 Å². The first kappa shape index (κ1) is 24.8. The number of benzene rings is 2. The number of rotatable bonds is 4. The number of para-hydroxylation sites is 2. The van der Waals surface area contributed by atoms with Crippen LogP contribution in [0.25, 0.3) is 33.4 Å². The van der Waals surface area contributed by atoms with Crippen molar-refractivity contribution in [3.63, 3.8) is 0 Å². The van der Waals surface area contributed by atoms with Gasteiger partial charge in [-0.3, -0.25) is 14.5 Å². The quantitative estimate of drug-likeness (QED) is 0.358. The number of hydrogen-bond acceptors (Lipinski definition) is 6. The number of hydrogen-bond donors (Lipinski definition) is 1. The average molecular weight is 537 g/mol. The van der Waals surface area contributed by atoms with Gasteiger partial charge in [0.25, 0.3) is 5.56 Å². The Morgan fingerprint density at radius 3 is 2.70 bits per heavy atom. The molecule has 5 aromatic rings. The van der Waals surface area contributed by atoms with Crippen LogP contribution < -0.4 is 11.0 Å². The molecular weight excluding hydrogens is 504 g/mol. The summed E-state index contributed by atoms with van der Waals surface area (Å²) < 4.78 is 10.3. The first-order chi connectivity index (χ1) is 19.3. The molecular formula is C32H32N4O4. The van der Waals surface area contributed by atoms with E-state index in [9.17, 15) is 14.7 Å². The van der Waals surface area contributed by atoms with Crippen LogP contribution in [-0.4, -0.2) is 37.2 Å². The summed E-state index contributed by atoms with van der Waals surface area (Å²) in [6.07, 6.45) is 1.64. The molecule has 2 aromatic carbocycles. The Labute approximate surface area is 231 Å². The van der Waals surface area contributed by atoms with Gasteiger partial charge in [0.15, 0.2) is 0 Å². The van der Waals surface area contributed by atoms with Crippen LogP contribution in [0.5, 0.6) is 5.75 Å². The summed E-state index contributed by atoms with van der Waals surface area (Å²) in [5, 5.41) is 11.8. The summed E-state index contributed by atoms with van der Waals surface area (Å²) >= 11 is 0. The number of imidazole rings is 1. The van der Waals surface area contributed by atoms with Gasteiger partial charge in [0, 0.05) is 50.9 Å². The fourth-order valence-corrected chi connectivity index (χ4v) is 6.95. The number of nitrogens with zero attached hydrogens (tertiary/aromatic N) is 4. The van der Waals surface area contributed by atoms with Crippen molar-refractivity contribution in [2.75, 3.05) is 13.1 Å². The van der Waals surface area contributed by atoms with Gasteiger partial charge in [-0.2, -0.15) is 0 Å². The van der Waals surface area contributed by atoms with Crippen LogP contribution in [0.1, 0.15) is 41.8 Å². The van der Waals surface area contributed by atoms with E-state index in [4.69, 9.17) is 9.40 Å². The van der Waals surface area contributed by atoms with E-state index in [0.717, 1.165) is 41.8 Å². The lowest BCUT2D eigenvalue weighted by Gasteiger charge is -2.42. The number of aromatic hydroxyl groups is 1. The molecule has 7 rings (SSSR count). The highest BCUT2D eigenvalue weighted by atomic mass is 16.3. The predicted molar refractivity (Wildman–Crippen MR) is 155 cm³/mol. The van der Waals surface area contributed by atoms with E-state index in [1.54, 1.807) is 19.1 Å². The largest absolute Gasteiger partial charge is 0.507 e. The van der Waals surface area contributed by atoms with Crippen molar-refractivity contribution in [2.45, 2.75) is 45.7 Å². The summed E-state index contributed by atoms with van der Waals surface area (Å²) in [6.45, 7) is 6.54.